The van der Waals surface area contributed by atoms with Crippen LogP contribution in [0.1, 0.15) is 21.5 Å². The maximum absolute atomic E-state index is 13.3. The maximum Gasteiger partial charge on any atom is 0.253 e. The number of rotatable bonds is 3. The molecule has 2 aromatic rings. The molecule has 0 aromatic heterocycles. The van der Waals surface area contributed by atoms with Gasteiger partial charge in [-0.2, -0.15) is 4.31 Å². The van der Waals surface area contributed by atoms with Gasteiger partial charge in [-0.3, -0.25) is 4.79 Å². The second-order valence-corrected chi connectivity index (χ2v) is 8.38. The molecule has 26 heavy (non-hydrogen) atoms. The Hall–Kier alpha value is -2.25. The van der Waals surface area contributed by atoms with Gasteiger partial charge in [-0.05, 0) is 49.7 Å². The molecule has 0 aliphatic carbocycles. The lowest BCUT2D eigenvalue weighted by molar-refractivity contribution is 0.0698. The Kier molecular flexibility index (Phi) is 5.11. The highest BCUT2D eigenvalue weighted by molar-refractivity contribution is 7.89. The van der Waals surface area contributed by atoms with Gasteiger partial charge >= 0.3 is 0 Å². The van der Waals surface area contributed by atoms with Crippen molar-refractivity contribution in [3.05, 3.63) is 65.0 Å². The second kappa shape index (κ2) is 7.17. The number of piperazine rings is 1. The fraction of sp³-hybridized carbons (Fsp3) is 0.316. The van der Waals surface area contributed by atoms with E-state index in [0.717, 1.165) is 11.6 Å². The summed E-state index contributed by atoms with van der Waals surface area (Å²) in [7, 11) is -3.70. The molecule has 0 bridgehead atoms. The number of halogens is 1. The summed E-state index contributed by atoms with van der Waals surface area (Å²) in [6.45, 7) is 4.62. The van der Waals surface area contributed by atoms with Crippen LogP contribution in [0.5, 0.6) is 0 Å². The molecule has 0 unspecified atom stereocenters. The third-order valence-corrected chi connectivity index (χ3v) is 6.64. The first-order valence-electron chi connectivity index (χ1n) is 8.41. The highest BCUT2D eigenvalue weighted by atomic mass is 32.2. The molecule has 1 heterocycles. The summed E-state index contributed by atoms with van der Waals surface area (Å²) in [4.78, 5) is 14.3. The molecule has 0 spiro atoms. The van der Waals surface area contributed by atoms with E-state index in [1.807, 2.05) is 19.1 Å². The van der Waals surface area contributed by atoms with Gasteiger partial charge in [0.2, 0.25) is 10.0 Å². The highest BCUT2D eigenvalue weighted by Gasteiger charge is 2.31. The molecule has 0 radical (unpaired) electrons. The van der Waals surface area contributed by atoms with Gasteiger partial charge in [-0.25, -0.2) is 12.8 Å². The molecular weight excluding hydrogens is 355 g/mol. The number of carbonyl (C=O) groups excluding carboxylic acids is 1. The normalized spacial score (nSPS) is 15.9. The number of benzene rings is 2. The fourth-order valence-electron chi connectivity index (χ4n) is 3.05. The lowest BCUT2D eigenvalue weighted by Gasteiger charge is -2.34. The van der Waals surface area contributed by atoms with E-state index in [1.54, 1.807) is 24.0 Å². The first-order valence-corrected chi connectivity index (χ1v) is 9.85. The molecule has 0 N–H and O–H groups in total. The van der Waals surface area contributed by atoms with Gasteiger partial charge in [-0.1, -0.05) is 17.7 Å². The van der Waals surface area contributed by atoms with Crippen molar-refractivity contribution in [1.82, 2.24) is 9.21 Å². The summed E-state index contributed by atoms with van der Waals surface area (Å²) in [6, 6.07) is 11.0. The van der Waals surface area contributed by atoms with Crippen molar-refractivity contribution in [2.45, 2.75) is 18.7 Å². The zero-order chi connectivity index (χ0) is 18.9. The van der Waals surface area contributed by atoms with E-state index < -0.39 is 15.8 Å². The molecular formula is C19H21FN2O3S. The Morgan fingerprint density at radius 1 is 0.962 bits per heavy atom. The van der Waals surface area contributed by atoms with Gasteiger partial charge in [0.1, 0.15) is 5.82 Å². The Morgan fingerprint density at radius 2 is 1.58 bits per heavy atom. The number of carbonyl (C=O) groups is 1. The van der Waals surface area contributed by atoms with Gasteiger partial charge in [0, 0.05) is 31.7 Å². The largest absolute Gasteiger partial charge is 0.336 e. The Morgan fingerprint density at radius 3 is 2.15 bits per heavy atom. The number of hydrogen-bond donors (Lipinski definition) is 0. The van der Waals surface area contributed by atoms with E-state index in [9.17, 15) is 17.6 Å². The highest BCUT2D eigenvalue weighted by Crippen LogP contribution is 2.22. The van der Waals surface area contributed by atoms with E-state index in [0.29, 0.717) is 24.2 Å². The first kappa shape index (κ1) is 18.5. The fourth-order valence-corrected chi connectivity index (χ4v) is 4.68. The molecule has 2 aromatic carbocycles. The molecule has 0 atom stereocenters. The zero-order valence-corrected chi connectivity index (χ0v) is 15.6. The van der Waals surface area contributed by atoms with Crippen molar-refractivity contribution >= 4 is 15.9 Å². The molecule has 1 fully saturated rings. The summed E-state index contributed by atoms with van der Waals surface area (Å²) >= 11 is 0. The predicted molar refractivity (Wildman–Crippen MR) is 97.0 cm³/mol. The summed E-state index contributed by atoms with van der Waals surface area (Å²) in [5.41, 5.74) is 2.05. The minimum Gasteiger partial charge on any atom is -0.336 e. The Bertz CT molecular complexity index is 918. The number of sulfonamides is 1. The van der Waals surface area contributed by atoms with Gasteiger partial charge in [0.15, 0.2) is 0 Å². The molecule has 7 heteroatoms. The van der Waals surface area contributed by atoms with Crippen LogP contribution in [0.15, 0.2) is 47.4 Å². The van der Waals surface area contributed by atoms with Crippen molar-refractivity contribution in [3.8, 4) is 0 Å². The Labute approximate surface area is 153 Å². The van der Waals surface area contributed by atoms with Crippen molar-refractivity contribution in [2.75, 3.05) is 26.2 Å². The van der Waals surface area contributed by atoms with Crippen LogP contribution in [-0.4, -0.2) is 49.7 Å². The smallest absolute Gasteiger partial charge is 0.253 e. The third kappa shape index (κ3) is 3.64. The van der Waals surface area contributed by atoms with E-state index in [1.165, 1.54) is 16.4 Å². The van der Waals surface area contributed by atoms with Crippen LogP contribution in [0, 0.1) is 19.7 Å². The number of nitrogens with zero attached hydrogens (tertiary/aromatic N) is 2. The zero-order valence-electron chi connectivity index (χ0n) is 14.8. The van der Waals surface area contributed by atoms with E-state index in [-0.39, 0.29) is 23.9 Å². The van der Waals surface area contributed by atoms with E-state index >= 15 is 0 Å². The predicted octanol–water partition coefficient (Wildman–Crippen LogP) is 2.59. The molecule has 138 valence electrons. The standard InChI is InChI=1S/C19H21FN2O3S/c1-14-3-5-16(6-4-14)19(23)21-9-11-22(12-10-21)26(24,25)18-8-7-17(20)13-15(18)2/h3-8,13H,9-12H2,1-2H3. The van der Waals surface area contributed by atoms with Crippen LogP contribution >= 0.6 is 0 Å². The Balaban J connectivity index is 1.71. The minimum atomic E-state index is -3.70. The monoisotopic (exact) mass is 376 g/mol. The molecule has 5 nitrogen and oxygen atoms in total. The average Bonchev–Trinajstić information content (AvgIpc) is 2.61. The lowest BCUT2D eigenvalue weighted by atomic mass is 10.1. The van der Waals surface area contributed by atoms with Crippen LogP contribution in [0.25, 0.3) is 0 Å². The van der Waals surface area contributed by atoms with Crippen molar-refractivity contribution in [1.29, 1.82) is 0 Å². The van der Waals surface area contributed by atoms with Crippen LogP contribution in [0.3, 0.4) is 0 Å². The van der Waals surface area contributed by atoms with Crippen LogP contribution in [0.4, 0.5) is 4.39 Å². The van der Waals surface area contributed by atoms with Crippen LogP contribution in [0.2, 0.25) is 0 Å². The van der Waals surface area contributed by atoms with Gasteiger partial charge in [-0.15, -0.1) is 0 Å². The first-order chi connectivity index (χ1) is 12.3. The van der Waals surface area contributed by atoms with Gasteiger partial charge in [0.05, 0.1) is 4.90 Å². The molecule has 0 saturated carbocycles. The molecule has 1 aliphatic heterocycles. The van der Waals surface area contributed by atoms with Crippen molar-refractivity contribution in [2.24, 2.45) is 0 Å². The average molecular weight is 376 g/mol. The van der Waals surface area contributed by atoms with Crippen LogP contribution in [-0.2, 0) is 10.0 Å². The number of amides is 1. The summed E-state index contributed by atoms with van der Waals surface area (Å²) < 4.78 is 40.2. The minimum absolute atomic E-state index is 0.0972. The molecule has 1 aliphatic rings. The van der Waals surface area contributed by atoms with Crippen molar-refractivity contribution in [3.63, 3.8) is 0 Å². The van der Waals surface area contributed by atoms with Gasteiger partial charge < -0.3 is 4.90 Å². The second-order valence-electron chi connectivity index (χ2n) is 6.47. The summed E-state index contributed by atoms with van der Waals surface area (Å²) in [5, 5.41) is 0. The quantitative estimate of drug-likeness (QED) is 0.827. The molecule has 1 amide bonds. The third-order valence-electron chi connectivity index (χ3n) is 4.58. The molecule has 3 rings (SSSR count). The van der Waals surface area contributed by atoms with Gasteiger partial charge in [0.25, 0.3) is 5.91 Å². The maximum atomic E-state index is 13.3. The number of aryl methyl sites for hydroxylation is 2. The molecule has 1 saturated heterocycles. The lowest BCUT2D eigenvalue weighted by Crippen LogP contribution is -2.50. The van der Waals surface area contributed by atoms with Crippen molar-refractivity contribution < 1.29 is 17.6 Å². The van der Waals surface area contributed by atoms with Crippen LogP contribution < -0.4 is 0 Å². The summed E-state index contributed by atoms with van der Waals surface area (Å²) in [5.74, 6) is -0.560. The topological polar surface area (TPSA) is 57.7 Å². The van der Waals surface area contributed by atoms with E-state index in [4.69, 9.17) is 0 Å². The number of hydrogen-bond acceptors (Lipinski definition) is 3. The summed E-state index contributed by atoms with van der Waals surface area (Å²) in [6.07, 6.45) is 0. The SMILES string of the molecule is Cc1ccc(C(=O)N2CCN(S(=O)(=O)c3ccc(F)cc3C)CC2)cc1. The van der Waals surface area contributed by atoms with E-state index in [2.05, 4.69) is 0 Å².